The molecule has 2 saturated heterocycles. The van der Waals surface area contributed by atoms with E-state index in [1.165, 1.54) is 0 Å². The van der Waals surface area contributed by atoms with Crippen molar-refractivity contribution in [1.82, 2.24) is 19.5 Å². The lowest BCUT2D eigenvalue weighted by Crippen LogP contribution is -2.49. The molecule has 0 saturated carbocycles. The van der Waals surface area contributed by atoms with Crippen LogP contribution in [0.15, 0.2) is 34.1 Å². The van der Waals surface area contributed by atoms with Crippen molar-refractivity contribution in [3.8, 4) is 0 Å². The third-order valence-corrected chi connectivity index (χ3v) is 9.12. The quantitative estimate of drug-likeness (QED) is 0.530. The van der Waals surface area contributed by atoms with Crippen LogP contribution in [-0.4, -0.2) is 65.9 Å². The first-order valence-corrected chi connectivity index (χ1v) is 13.1. The summed E-state index contributed by atoms with van der Waals surface area (Å²) in [5.41, 5.74) is 8.48. The SMILES string of the molecule is Cc1cc(N2CCC3(CC2)COC[C@H]3N)n2nc(CN(C)C)nc2c1Sc1cccc(Cl)c1Cl. The van der Waals surface area contributed by atoms with Gasteiger partial charge in [-0.2, -0.15) is 4.52 Å². The molecule has 3 aromatic rings. The van der Waals surface area contributed by atoms with Crippen molar-refractivity contribution in [2.75, 3.05) is 45.3 Å². The van der Waals surface area contributed by atoms with E-state index >= 15 is 0 Å². The van der Waals surface area contributed by atoms with Gasteiger partial charge in [0, 0.05) is 29.4 Å². The molecule has 2 aromatic heterocycles. The molecule has 10 heteroatoms. The van der Waals surface area contributed by atoms with E-state index in [1.807, 2.05) is 30.7 Å². The number of pyridine rings is 1. The number of piperidine rings is 1. The van der Waals surface area contributed by atoms with Crippen molar-refractivity contribution >= 4 is 46.4 Å². The molecule has 1 spiro atoms. The molecule has 2 aliphatic heterocycles. The van der Waals surface area contributed by atoms with Gasteiger partial charge < -0.3 is 20.3 Å². The fraction of sp³-hybridized carbons (Fsp3) is 0.500. The first kappa shape index (κ1) is 24.2. The van der Waals surface area contributed by atoms with Crippen LogP contribution in [0.25, 0.3) is 5.65 Å². The van der Waals surface area contributed by atoms with Gasteiger partial charge in [0.2, 0.25) is 0 Å². The summed E-state index contributed by atoms with van der Waals surface area (Å²) >= 11 is 14.4. The molecule has 5 rings (SSSR count). The molecule has 0 amide bonds. The van der Waals surface area contributed by atoms with Crippen molar-refractivity contribution in [2.45, 2.75) is 42.1 Å². The van der Waals surface area contributed by atoms with Gasteiger partial charge in [-0.3, -0.25) is 0 Å². The Hall–Kier alpha value is -1.55. The summed E-state index contributed by atoms with van der Waals surface area (Å²) in [6.07, 6.45) is 2.03. The van der Waals surface area contributed by atoms with E-state index < -0.39 is 0 Å². The Balaban J connectivity index is 1.54. The predicted octanol–water partition coefficient (Wildman–Crippen LogP) is 4.50. The van der Waals surface area contributed by atoms with E-state index in [2.05, 4.69) is 22.8 Å². The average molecular weight is 522 g/mol. The van der Waals surface area contributed by atoms with E-state index in [0.717, 1.165) is 65.2 Å². The molecule has 0 radical (unpaired) electrons. The molecule has 0 aliphatic carbocycles. The van der Waals surface area contributed by atoms with E-state index in [1.54, 1.807) is 17.8 Å². The molecule has 2 aliphatic rings. The third kappa shape index (κ3) is 4.40. The zero-order chi connectivity index (χ0) is 24.0. The van der Waals surface area contributed by atoms with E-state index in [0.29, 0.717) is 23.2 Å². The lowest BCUT2D eigenvalue weighted by Gasteiger charge is -2.41. The first-order chi connectivity index (χ1) is 16.3. The van der Waals surface area contributed by atoms with Crippen LogP contribution in [0.4, 0.5) is 5.82 Å². The number of nitrogens with zero attached hydrogens (tertiary/aromatic N) is 5. The Morgan fingerprint density at radius 2 is 2.03 bits per heavy atom. The minimum absolute atomic E-state index is 0.0994. The van der Waals surface area contributed by atoms with Crippen LogP contribution in [0.3, 0.4) is 0 Å². The van der Waals surface area contributed by atoms with Crippen LogP contribution < -0.4 is 10.6 Å². The summed E-state index contributed by atoms with van der Waals surface area (Å²) in [4.78, 5) is 11.4. The van der Waals surface area contributed by atoms with Crippen LogP contribution in [0.5, 0.6) is 0 Å². The van der Waals surface area contributed by atoms with Crippen molar-refractivity contribution in [3.63, 3.8) is 0 Å². The number of anilines is 1. The number of hydrogen-bond acceptors (Lipinski definition) is 7. The maximum absolute atomic E-state index is 6.51. The molecular formula is C24H30Cl2N6OS. The largest absolute Gasteiger partial charge is 0.379 e. The fourth-order valence-corrected chi connectivity index (χ4v) is 6.38. The number of halogens is 2. The highest BCUT2D eigenvalue weighted by molar-refractivity contribution is 7.99. The maximum atomic E-state index is 6.51. The molecule has 2 fully saturated rings. The number of hydrogen-bond donors (Lipinski definition) is 1. The van der Waals surface area contributed by atoms with Crippen molar-refractivity contribution in [1.29, 1.82) is 0 Å². The lowest BCUT2D eigenvalue weighted by atomic mass is 9.75. The van der Waals surface area contributed by atoms with Crippen LogP contribution >= 0.6 is 35.0 Å². The molecule has 4 heterocycles. The van der Waals surface area contributed by atoms with Gasteiger partial charge in [0.1, 0.15) is 5.82 Å². The number of nitrogens with two attached hydrogens (primary N) is 1. The number of aromatic nitrogens is 3. The minimum Gasteiger partial charge on any atom is -0.379 e. The standard InChI is InChI=1S/C24H30Cl2N6OS/c1-15-11-20(31-9-7-24(8-10-31)14-33-13-18(24)27)32-23(28-19(29-32)12-30(2)3)22(15)34-17-6-4-5-16(25)21(17)26/h4-6,11,18H,7-10,12-14,27H2,1-3H3/t18-/m1/s1. The highest BCUT2D eigenvalue weighted by Crippen LogP contribution is 2.43. The maximum Gasteiger partial charge on any atom is 0.172 e. The Morgan fingerprint density at radius 3 is 2.71 bits per heavy atom. The summed E-state index contributed by atoms with van der Waals surface area (Å²) in [5, 5.41) is 6.02. The number of rotatable bonds is 5. The predicted molar refractivity (Wildman–Crippen MR) is 138 cm³/mol. The molecule has 1 aromatic carbocycles. The lowest BCUT2D eigenvalue weighted by molar-refractivity contribution is 0.131. The summed E-state index contributed by atoms with van der Waals surface area (Å²) in [5.74, 6) is 1.85. The van der Waals surface area contributed by atoms with Gasteiger partial charge in [-0.05, 0) is 57.6 Å². The summed E-state index contributed by atoms with van der Waals surface area (Å²) in [6.45, 7) is 6.05. The van der Waals surface area contributed by atoms with Crippen LogP contribution in [-0.2, 0) is 11.3 Å². The highest BCUT2D eigenvalue weighted by atomic mass is 35.5. The molecule has 182 valence electrons. The van der Waals surface area contributed by atoms with Gasteiger partial charge in [-0.15, -0.1) is 5.10 Å². The van der Waals surface area contributed by atoms with Crippen molar-refractivity contribution < 1.29 is 4.74 Å². The Bertz CT molecular complexity index is 1210. The minimum atomic E-state index is 0.0994. The molecule has 0 bridgehead atoms. The second kappa shape index (κ2) is 9.48. The highest BCUT2D eigenvalue weighted by Gasteiger charge is 2.44. The average Bonchev–Trinajstić information content (AvgIpc) is 3.37. The van der Waals surface area contributed by atoms with Crippen molar-refractivity contribution in [2.24, 2.45) is 11.1 Å². The third-order valence-electron chi connectivity index (χ3n) is 6.92. The molecule has 1 atom stereocenters. The number of benzene rings is 1. The van der Waals surface area contributed by atoms with Crippen molar-refractivity contribution in [3.05, 3.63) is 45.7 Å². The molecule has 0 unspecified atom stereocenters. The van der Waals surface area contributed by atoms with E-state index in [-0.39, 0.29) is 11.5 Å². The Labute approximate surface area is 214 Å². The van der Waals surface area contributed by atoms with Gasteiger partial charge >= 0.3 is 0 Å². The topological polar surface area (TPSA) is 71.9 Å². The summed E-state index contributed by atoms with van der Waals surface area (Å²) in [7, 11) is 4.05. The monoisotopic (exact) mass is 520 g/mol. The van der Waals surface area contributed by atoms with E-state index in [9.17, 15) is 0 Å². The molecule has 7 nitrogen and oxygen atoms in total. The normalized spacial score (nSPS) is 20.2. The van der Waals surface area contributed by atoms with Gasteiger partial charge in [0.15, 0.2) is 11.5 Å². The molecular weight excluding hydrogens is 491 g/mol. The van der Waals surface area contributed by atoms with Gasteiger partial charge in [0.25, 0.3) is 0 Å². The van der Waals surface area contributed by atoms with Crippen LogP contribution in [0, 0.1) is 12.3 Å². The zero-order valence-electron chi connectivity index (χ0n) is 19.7. The molecule has 34 heavy (non-hydrogen) atoms. The Kier molecular flexibility index (Phi) is 6.74. The number of aryl methyl sites for hydroxylation is 1. The number of fused-ring (bicyclic) bond motifs is 1. The van der Waals surface area contributed by atoms with Gasteiger partial charge in [-0.1, -0.05) is 41.0 Å². The van der Waals surface area contributed by atoms with E-state index in [4.69, 9.17) is 43.8 Å². The van der Waals surface area contributed by atoms with Crippen LogP contribution in [0.1, 0.15) is 24.2 Å². The fourth-order valence-electron chi connectivity index (χ4n) is 4.90. The second-order valence-electron chi connectivity index (χ2n) is 9.64. The smallest absolute Gasteiger partial charge is 0.172 e. The molecule has 2 N–H and O–H groups in total. The number of ether oxygens (including phenoxy) is 1. The van der Waals surface area contributed by atoms with Crippen LogP contribution in [0.2, 0.25) is 10.0 Å². The first-order valence-electron chi connectivity index (χ1n) is 11.5. The summed E-state index contributed by atoms with van der Waals surface area (Å²) < 4.78 is 7.71. The second-order valence-corrected chi connectivity index (χ2v) is 11.5. The van der Waals surface area contributed by atoms with Gasteiger partial charge in [-0.25, -0.2) is 4.98 Å². The summed E-state index contributed by atoms with van der Waals surface area (Å²) in [6, 6.07) is 8.04. The van der Waals surface area contributed by atoms with Gasteiger partial charge in [0.05, 0.1) is 34.7 Å². The zero-order valence-corrected chi connectivity index (χ0v) is 22.1. The Morgan fingerprint density at radius 1 is 1.26 bits per heavy atom.